The second-order valence-corrected chi connectivity index (χ2v) is 5.21. The Morgan fingerprint density at radius 2 is 2.09 bits per heavy atom. The maximum atomic E-state index is 12.3. The molecular formula is C16H22N2O5. The summed E-state index contributed by atoms with van der Waals surface area (Å²) in [5.41, 5.74) is 0. The Kier molecular flexibility index (Phi) is 6.22. The normalized spacial score (nSPS) is 17.5. The third-order valence-electron chi connectivity index (χ3n) is 3.49. The van der Waals surface area contributed by atoms with Crippen LogP contribution in [0.2, 0.25) is 0 Å². The summed E-state index contributed by atoms with van der Waals surface area (Å²) in [5, 5.41) is 2.70. The summed E-state index contributed by atoms with van der Waals surface area (Å²) in [5.74, 6) is 0.890. The first-order chi connectivity index (χ1) is 11.1. The number of carbonyl (C=O) groups is 2. The lowest BCUT2D eigenvalue weighted by molar-refractivity contribution is -0.140. The molecule has 7 nitrogen and oxygen atoms in total. The molecule has 0 saturated carbocycles. The van der Waals surface area contributed by atoms with Crippen LogP contribution in [0.3, 0.4) is 0 Å². The molecule has 2 amide bonds. The molecule has 1 heterocycles. The van der Waals surface area contributed by atoms with Crippen molar-refractivity contribution < 1.29 is 23.8 Å². The van der Waals surface area contributed by atoms with Crippen LogP contribution in [0.15, 0.2) is 24.3 Å². The van der Waals surface area contributed by atoms with Gasteiger partial charge in [-0.05, 0) is 12.1 Å². The number of carbonyl (C=O) groups excluding carboxylic acids is 2. The van der Waals surface area contributed by atoms with Gasteiger partial charge in [-0.2, -0.15) is 0 Å². The third kappa shape index (κ3) is 5.14. The Balaban J connectivity index is 1.84. The Labute approximate surface area is 135 Å². The lowest BCUT2D eigenvalue weighted by atomic mass is 10.2. The minimum absolute atomic E-state index is 0.0623. The lowest BCUT2D eigenvalue weighted by Crippen LogP contribution is -2.50. The number of methoxy groups -OCH3 is 1. The van der Waals surface area contributed by atoms with Crippen LogP contribution in [-0.2, 0) is 14.3 Å². The number of morpholine rings is 1. The van der Waals surface area contributed by atoms with Crippen LogP contribution in [0.1, 0.15) is 6.92 Å². The average molecular weight is 322 g/mol. The summed E-state index contributed by atoms with van der Waals surface area (Å²) in [6, 6.07) is 7.19. The van der Waals surface area contributed by atoms with Gasteiger partial charge in [0.2, 0.25) is 5.91 Å². The molecule has 1 fully saturated rings. The molecule has 0 spiro atoms. The number of benzene rings is 1. The predicted octanol–water partition coefficient (Wildman–Crippen LogP) is 0.438. The highest BCUT2D eigenvalue weighted by Crippen LogP contribution is 2.25. The topological polar surface area (TPSA) is 77.1 Å². The molecule has 1 N–H and O–H groups in total. The zero-order valence-electron chi connectivity index (χ0n) is 13.4. The highest BCUT2D eigenvalue weighted by molar-refractivity contribution is 5.78. The van der Waals surface area contributed by atoms with Crippen LogP contribution >= 0.6 is 0 Å². The predicted molar refractivity (Wildman–Crippen MR) is 83.5 cm³/mol. The van der Waals surface area contributed by atoms with Crippen LogP contribution in [0.5, 0.6) is 11.5 Å². The number of nitrogens with one attached hydrogen (secondary N) is 1. The summed E-state index contributed by atoms with van der Waals surface area (Å²) >= 11 is 0. The fraction of sp³-hybridized carbons (Fsp3) is 0.500. The maximum absolute atomic E-state index is 12.3. The minimum atomic E-state index is -0.192. The van der Waals surface area contributed by atoms with Crippen molar-refractivity contribution in [2.75, 3.05) is 40.0 Å². The van der Waals surface area contributed by atoms with E-state index in [1.807, 2.05) is 12.1 Å². The highest BCUT2D eigenvalue weighted by atomic mass is 16.5. The van der Waals surface area contributed by atoms with Crippen LogP contribution < -0.4 is 14.8 Å². The van der Waals surface area contributed by atoms with Gasteiger partial charge in [0.15, 0.2) is 18.1 Å². The molecule has 126 valence electrons. The van der Waals surface area contributed by atoms with E-state index in [-0.39, 0.29) is 24.5 Å². The highest BCUT2D eigenvalue weighted by Gasteiger charge is 2.24. The number of ether oxygens (including phenoxy) is 3. The molecule has 1 aromatic carbocycles. The van der Waals surface area contributed by atoms with Crippen LogP contribution in [-0.4, -0.2) is 62.8 Å². The zero-order valence-corrected chi connectivity index (χ0v) is 13.4. The number of hydrogen-bond donors (Lipinski definition) is 1. The molecule has 23 heavy (non-hydrogen) atoms. The SMILES string of the molecule is COc1ccccc1OCC(=O)N1CCO[C@@H](CNC(C)=O)C1. The van der Waals surface area contributed by atoms with E-state index >= 15 is 0 Å². The van der Waals surface area contributed by atoms with Crippen molar-refractivity contribution in [3.63, 3.8) is 0 Å². The van der Waals surface area contributed by atoms with Crippen molar-refractivity contribution in [1.82, 2.24) is 10.2 Å². The van der Waals surface area contributed by atoms with Gasteiger partial charge in [-0.25, -0.2) is 0 Å². The van der Waals surface area contributed by atoms with Crippen molar-refractivity contribution >= 4 is 11.8 Å². The summed E-state index contributed by atoms with van der Waals surface area (Å²) in [6.45, 7) is 3.19. The van der Waals surface area contributed by atoms with E-state index in [4.69, 9.17) is 14.2 Å². The molecule has 0 aromatic heterocycles. The second-order valence-electron chi connectivity index (χ2n) is 5.21. The zero-order chi connectivity index (χ0) is 16.7. The standard InChI is InChI=1S/C16H22N2O5/c1-12(19)17-9-13-10-18(7-8-22-13)16(20)11-23-15-6-4-3-5-14(15)21-2/h3-6,13H,7-11H2,1-2H3,(H,17,19)/t13-/m0/s1. The van der Waals surface area contributed by atoms with E-state index in [1.165, 1.54) is 6.92 Å². The summed E-state index contributed by atoms with van der Waals surface area (Å²) in [6.07, 6.45) is -0.192. The molecule has 1 aromatic rings. The van der Waals surface area contributed by atoms with Gasteiger partial charge in [0.25, 0.3) is 5.91 Å². The minimum Gasteiger partial charge on any atom is -0.493 e. The van der Waals surface area contributed by atoms with E-state index in [0.29, 0.717) is 37.7 Å². The first-order valence-electron chi connectivity index (χ1n) is 7.49. The first kappa shape index (κ1) is 17.1. The molecule has 1 atom stereocenters. The van der Waals surface area contributed by atoms with Gasteiger partial charge < -0.3 is 24.4 Å². The van der Waals surface area contributed by atoms with Crippen LogP contribution in [0, 0.1) is 0 Å². The number of para-hydroxylation sites is 2. The molecular weight excluding hydrogens is 300 g/mol. The molecule has 1 aliphatic heterocycles. The van der Waals surface area contributed by atoms with Crippen LogP contribution in [0.4, 0.5) is 0 Å². The monoisotopic (exact) mass is 322 g/mol. The first-order valence-corrected chi connectivity index (χ1v) is 7.49. The molecule has 0 bridgehead atoms. The number of rotatable bonds is 6. The molecule has 0 radical (unpaired) electrons. The van der Waals surface area contributed by atoms with E-state index in [1.54, 1.807) is 24.1 Å². The number of hydrogen-bond acceptors (Lipinski definition) is 5. The van der Waals surface area contributed by atoms with Crippen molar-refractivity contribution in [2.24, 2.45) is 0 Å². The average Bonchev–Trinajstić information content (AvgIpc) is 2.58. The Hall–Kier alpha value is -2.28. The molecule has 1 saturated heterocycles. The summed E-state index contributed by atoms with van der Waals surface area (Å²) < 4.78 is 16.3. The number of amides is 2. The molecule has 2 rings (SSSR count). The summed E-state index contributed by atoms with van der Waals surface area (Å²) in [7, 11) is 1.55. The van der Waals surface area contributed by atoms with E-state index in [2.05, 4.69) is 5.32 Å². The fourth-order valence-electron chi connectivity index (χ4n) is 2.30. The van der Waals surface area contributed by atoms with E-state index in [0.717, 1.165) is 0 Å². The van der Waals surface area contributed by atoms with Crippen molar-refractivity contribution in [1.29, 1.82) is 0 Å². The van der Waals surface area contributed by atoms with Crippen LogP contribution in [0.25, 0.3) is 0 Å². The fourth-order valence-corrected chi connectivity index (χ4v) is 2.30. The Bertz CT molecular complexity index is 549. The van der Waals surface area contributed by atoms with Gasteiger partial charge in [-0.1, -0.05) is 12.1 Å². The van der Waals surface area contributed by atoms with E-state index in [9.17, 15) is 9.59 Å². The van der Waals surface area contributed by atoms with Crippen molar-refractivity contribution in [2.45, 2.75) is 13.0 Å². The Morgan fingerprint density at radius 1 is 1.35 bits per heavy atom. The lowest BCUT2D eigenvalue weighted by Gasteiger charge is -2.33. The van der Waals surface area contributed by atoms with Gasteiger partial charge in [0.05, 0.1) is 19.8 Å². The third-order valence-corrected chi connectivity index (χ3v) is 3.49. The maximum Gasteiger partial charge on any atom is 0.260 e. The molecule has 7 heteroatoms. The summed E-state index contributed by atoms with van der Waals surface area (Å²) in [4.78, 5) is 24.9. The Morgan fingerprint density at radius 3 is 2.78 bits per heavy atom. The second kappa shape index (κ2) is 8.38. The molecule has 1 aliphatic rings. The van der Waals surface area contributed by atoms with Gasteiger partial charge in [0.1, 0.15) is 0 Å². The van der Waals surface area contributed by atoms with Gasteiger partial charge in [-0.3, -0.25) is 9.59 Å². The smallest absolute Gasteiger partial charge is 0.260 e. The van der Waals surface area contributed by atoms with Crippen molar-refractivity contribution in [3.8, 4) is 11.5 Å². The molecule has 0 unspecified atom stereocenters. The molecule has 0 aliphatic carbocycles. The van der Waals surface area contributed by atoms with Crippen molar-refractivity contribution in [3.05, 3.63) is 24.3 Å². The van der Waals surface area contributed by atoms with E-state index < -0.39 is 0 Å². The van der Waals surface area contributed by atoms with Gasteiger partial charge in [0, 0.05) is 26.6 Å². The van der Waals surface area contributed by atoms with Gasteiger partial charge in [-0.15, -0.1) is 0 Å². The number of nitrogens with zero attached hydrogens (tertiary/aromatic N) is 1. The quantitative estimate of drug-likeness (QED) is 0.822. The van der Waals surface area contributed by atoms with Gasteiger partial charge >= 0.3 is 0 Å². The largest absolute Gasteiger partial charge is 0.493 e.